The minimum Gasteiger partial charge on any atom is -0.497 e. The number of hydrogen-bond acceptors (Lipinski definition) is 4. The number of rotatable bonds is 6. The van der Waals surface area contributed by atoms with E-state index in [0.29, 0.717) is 50.3 Å². The van der Waals surface area contributed by atoms with Gasteiger partial charge in [0.1, 0.15) is 11.8 Å². The molecule has 0 radical (unpaired) electrons. The minimum absolute atomic E-state index is 0.112. The predicted octanol–water partition coefficient (Wildman–Crippen LogP) is 4.38. The van der Waals surface area contributed by atoms with Gasteiger partial charge < -0.3 is 19.9 Å². The van der Waals surface area contributed by atoms with Gasteiger partial charge in [-0.05, 0) is 86.6 Å². The van der Waals surface area contributed by atoms with E-state index in [1.54, 1.807) is 29.2 Å². The minimum atomic E-state index is -4.47. The van der Waals surface area contributed by atoms with Crippen LogP contribution >= 0.6 is 0 Å². The molecular formula is C28H32F3N3O4. The third-order valence-electron chi connectivity index (χ3n) is 7.33. The lowest BCUT2D eigenvalue weighted by atomic mass is 9.87. The van der Waals surface area contributed by atoms with E-state index in [1.165, 1.54) is 19.2 Å². The fraction of sp³-hybridized carbons (Fsp3) is 0.464. The summed E-state index contributed by atoms with van der Waals surface area (Å²) in [5.41, 5.74) is -0.207. The first-order valence-electron chi connectivity index (χ1n) is 12.9. The summed E-state index contributed by atoms with van der Waals surface area (Å²) in [6.45, 7) is 1.98. The average Bonchev–Trinajstić information content (AvgIpc) is 2.95. The fourth-order valence-corrected chi connectivity index (χ4v) is 5.08. The first kappa shape index (κ1) is 27.5. The van der Waals surface area contributed by atoms with Gasteiger partial charge in [-0.2, -0.15) is 13.2 Å². The normalized spacial score (nSPS) is 17.6. The van der Waals surface area contributed by atoms with Crippen molar-refractivity contribution in [2.45, 2.75) is 44.3 Å². The molecular weight excluding hydrogens is 499 g/mol. The van der Waals surface area contributed by atoms with Crippen LogP contribution in [0.25, 0.3) is 0 Å². The summed E-state index contributed by atoms with van der Waals surface area (Å²) in [6.07, 6.45) is -0.585. The van der Waals surface area contributed by atoms with Crippen LogP contribution in [0.5, 0.6) is 5.75 Å². The highest BCUT2D eigenvalue weighted by Gasteiger charge is 2.37. The third-order valence-corrected chi connectivity index (χ3v) is 7.33. The summed E-state index contributed by atoms with van der Waals surface area (Å²) in [5, 5.41) is 2.95. The van der Waals surface area contributed by atoms with Crippen molar-refractivity contribution in [2.24, 2.45) is 5.92 Å². The van der Waals surface area contributed by atoms with Gasteiger partial charge in [0.25, 0.3) is 11.8 Å². The van der Waals surface area contributed by atoms with Gasteiger partial charge in [0.15, 0.2) is 0 Å². The number of nitrogens with zero attached hydrogens (tertiary/aromatic N) is 2. The van der Waals surface area contributed by atoms with Crippen LogP contribution in [0.4, 0.5) is 13.2 Å². The highest BCUT2D eigenvalue weighted by atomic mass is 19.4. The van der Waals surface area contributed by atoms with Gasteiger partial charge in [0, 0.05) is 37.3 Å². The maximum absolute atomic E-state index is 13.5. The SMILES string of the molecule is COc1ccc(C(=O)N[C@@H](C(=O)N2CCCCC2)C2CCN(C(=O)c3ccc(C(F)(F)F)cc3)CC2)cc1. The van der Waals surface area contributed by atoms with Gasteiger partial charge >= 0.3 is 6.18 Å². The second-order valence-electron chi connectivity index (χ2n) is 9.77. The summed E-state index contributed by atoms with van der Waals surface area (Å²) in [4.78, 5) is 42.9. The molecule has 1 atom stereocenters. The highest BCUT2D eigenvalue weighted by molar-refractivity contribution is 5.98. The summed E-state index contributed by atoms with van der Waals surface area (Å²) in [5.74, 6) is -0.375. The monoisotopic (exact) mass is 531 g/mol. The zero-order valence-electron chi connectivity index (χ0n) is 21.3. The van der Waals surface area contributed by atoms with Crippen LogP contribution in [0.3, 0.4) is 0 Å². The van der Waals surface area contributed by atoms with E-state index in [0.717, 1.165) is 31.4 Å². The van der Waals surface area contributed by atoms with Crippen molar-refractivity contribution in [3.05, 3.63) is 65.2 Å². The number of benzene rings is 2. The van der Waals surface area contributed by atoms with E-state index in [4.69, 9.17) is 4.74 Å². The van der Waals surface area contributed by atoms with Crippen LogP contribution < -0.4 is 10.1 Å². The van der Waals surface area contributed by atoms with Crippen molar-refractivity contribution >= 4 is 17.7 Å². The molecule has 2 aromatic rings. The van der Waals surface area contributed by atoms with E-state index < -0.39 is 17.8 Å². The molecule has 3 amide bonds. The topological polar surface area (TPSA) is 79.0 Å². The number of likely N-dealkylation sites (tertiary alicyclic amines) is 2. The van der Waals surface area contributed by atoms with Crippen LogP contribution in [0.1, 0.15) is 58.4 Å². The molecule has 1 N–H and O–H groups in total. The smallest absolute Gasteiger partial charge is 0.416 e. The zero-order valence-corrected chi connectivity index (χ0v) is 21.3. The van der Waals surface area contributed by atoms with Gasteiger partial charge in [-0.25, -0.2) is 0 Å². The number of amides is 3. The molecule has 0 aliphatic carbocycles. The van der Waals surface area contributed by atoms with Crippen molar-refractivity contribution in [1.82, 2.24) is 15.1 Å². The molecule has 0 bridgehead atoms. The second kappa shape index (κ2) is 11.9. The number of methoxy groups -OCH3 is 1. The molecule has 0 spiro atoms. The fourth-order valence-electron chi connectivity index (χ4n) is 5.08. The Labute approximate surface area is 219 Å². The molecule has 2 aromatic carbocycles. The Morgan fingerprint density at radius 3 is 1.97 bits per heavy atom. The quantitative estimate of drug-likeness (QED) is 0.600. The number of ether oxygens (including phenoxy) is 1. The van der Waals surface area contributed by atoms with Crippen molar-refractivity contribution in [1.29, 1.82) is 0 Å². The summed E-state index contributed by atoms with van der Waals surface area (Å²) < 4.78 is 43.7. The maximum atomic E-state index is 13.5. The molecule has 2 heterocycles. The lowest BCUT2D eigenvalue weighted by Crippen LogP contribution is -2.55. The van der Waals surface area contributed by atoms with E-state index in [9.17, 15) is 27.6 Å². The molecule has 38 heavy (non-hydrogen) atoms. The molecule has 10 heteroatoms. The van der Waals surface area contributed by atoms with Crippen molar-refractivity contribution in [3.63, 3.8) is 0 Å². The van der Waals surface area contributed by atoms with Crippen LogP contribution in [0, 0.1) is 5.92 Å². The van der Waals surface area contributed by atoms with Crippen molar-refractivity contribution in [3.8, 4) is 5.75 Å². The van der Waals surface area contributed by atoms with E-state index >= 15 is 0 Å². The van der Waals surface area contributed by atoms with Crippen molar-refractivity contribution in [2.75, 3.05) is 33.3 Å². The number of carbonyl (C=O) groups excluding carboxylic acids is 3. The number of halogens is 3. The van der Waals surface area contributed by atoms with Gasteiger partial charge in [-0.1, -0.05) is 0 Å². The zero-order chi connectivity index (χ0) is 27.3. The molecule has 2 aliphatic heterocycles. The lowest BCUT2D eigenvalue weighted by molar-refractivity contribution is -0.137. The average molecular weight is 532 g/mol. The molecule has 204 valence electrons. The van der Waals surface area contributed by atoms with Crippen LogP contribution in [-0.2, 0) is 11.0 Å². The van der Waals surface area contributed by atoms with Crippen LogP contribution in [0.15, 0.2) is 48.5 Å². The standard InChI is InChI=1S/C28H32F3N3O4/c1-38-23-11-7-20(8-12-23)25(35)32-24(27(37)33-15-3-2-4-16-33)19-13-17-34(18-14-19)26(36)21-5-9-22(10-6-21)28(29,30)31/h5-12,19,24H,2-4,13-18H2,1H3,(H,32,35)/t24-/m1/s1. The third kappa shape index (κ3) is 6.46. The summed E-state index contributed by atoms with van der Waals surface area (Å²) in [7, 11) is 1.54. The highest BCUT2D eigenvalue weighted by Crippen LogP contribution is 2.30. The molecule has 7 nitrogen and oxygen atoms in total. The van der Waals surface area contributed by atoms with Crippen molar-refractivity contribution < 1.29 is 32.3 Å². The Morgan fingerprint density at radius 2 is 1.42 bits per heavy atom. The van der Waals surface area contributed by atoms with Gasteiger partial charge in [-0.3, -0.25) is 14.4 Å². The number of hydrogen-bond donors (Lipinski definition) is 1. The first-order chi connectivity index (χ1) is 18.2. The molecule has 2 fully saturated rings. The molecule has 4 rings (SSSR count). The van der Waals surface area contributed by atoms with Gasteiger partial charge in [0.2, 0.25) is 5.91 Å². The predicted molar refractivity (Wildman–Crippen MR) is 135 cm³/mol. The molecule has 2 aliphatic rings. The van der Waals surface area contributed by atoms with E-state index in [1.807, 2.05) is 4.90 Å². The number of carbonyl (C=O) groups is 3. The van der Waals surface area contributed by atoms with Gasteiger partial charge in [-0.15, -0.1) is 0 Å². The Bertz CT molecular complexity index is 1120. The Balaban J connectivity index is 1.44. The summed E-state index contributed by atoms with van der Waals surface area (Å²) >= 11 is 0. The Morgan fingerprint density at radius 1 is 0.842 bits per heavy atom. The molecule has 0 unspecified atom stereocenters. The molecule has 0 saturated carbocycles. The number of piperidine rings is 2. The van der Waals surface area contributed by atoms with Crippen LogP contribution in [-0.4, -0.2) is 66.9 Å². The molecule has 0 aromatic heterocycles. The maximum Gasteiger partial charge on any atom is 0.416 e. The molecule has 2 saturated heterocycles. The van der Waals surface area contributed by atoms with Gasteiger partial charge in [0.05, 0.1) is 12.7 Å². The Kier molecular flexibility index (Phi) is 8.58. The number of alkyl halides is 3. The van der Waals surface area contributed by atoms with E-state index in [-0.39, 0.29) is 29.2 Å². The first-order valence-corrected chi connectivity index (χ1v) is 12.9. The van der Waals surface area contributed by atoms with Crippen LogP contribution in [0.2, 0.25) is 0 Å². The van der Waals surface area contributed by atoms with E-state index in [2.05, 4.69) is 5.32 Å². The Hall–Kier alpha value is -3.56. The second-order valence-corrected chi connectivity index (χ2v) is 9.77. The summed E-state index contributed by atoms with van der Waals surface area (Å²) in [6, 6.07) is 10.1. The lowest BCUT2D eigenvalue weighted by Gasteiger charge is -2.38. The number of nitrogens with one attached hydrogen (secondary N) is 1. The largest absolute Gasteiger partial charge is 0.497 e.